The number of rotatable bonds is 30. The molecule has 1 aliphatic carbocycles. The molecule has 290 valence electrons. The monoisotopic (exact) mass is 708 g/mol. The minimum Gasteiger partial charge on any atom is -0.390 e. The highest BCUT2D eigenvalue weighted by Crippen LogP contribution is 2.29. The quantitative estimate of drug-likeness (QED) is 0.0504. The maximum Gasteiger partial charge on any atom is 0.220 e. The molecule has 0 aromatic heterocycles. The van der Waals surface area contributed by atoms with Crippen LogP contribution in [0.25, 0.3) is 0 Å². The van der Waals surface area contributed by atoms with E-state index in [9.17, 15) is 30.3 Å². The summed E-state index contributed by atoms with van der Waals surface area (Å²) in [5.74, 6) is -0.645. The van der Waals surface area contributed by atoms with Crippen LogP contribution >= 0.6 is 0 Å². The van der Waals surface area contributed by atoms with E-state index >= 15 is 0 Å². The van der Waals surface area contributed by atoms with E-state index in [1.165, 1.54) is 63.4 Å². The van der Waals surface area contributed by atoms with Crippen LogP contribution < -0.4 is 5.32 Å². The molecule has 9 heteroatoms. The number of amides is 1. The van der Waals surface area contributed by atoms with Crippen LogP contribution in [0.2, 0.25) is 0 Å². The van der Waals surface area contributed by atoms with Gasteiger partial charge in [-0.25, -0.2) is 0 Å². The Balaban J connectivity index is 1.81. The predicted octanol–water partition coefficient (Wildman–Crippen LogP) is 6.39. The molecule has 1 amide bonds. The van der Waals surface area contributed by atoms with Crippen molar-refractivity contribution in [3.05, 3.63) is 35.9 Å². The van der Waals surface area contributed by atoms with Gasteiger partial charge in [-0.15, -0.1) is 0 Å². The van der Waals surface area contributed by atoms with Gasteiger partial charge in [0.2, 0.25) is 5.91 Å². The van der Waals surface area contributed by atoms with Crippen molar-refractivity contribution in [1.82, 2.24) is 5.32 Å². The van der Waals surface area contributed by atoms with Crippen LogP contribution in [0.3, 0.4) is 0 Å². The average Bonchev–Trinajstić information content (AvgIpc) is 3.12. The summed E-state index contributed by atoms with van der Waals surface area (Å²) in [6.07, 6.45) is 14.5. The van der Waals surface area contributed by atoms with Gasteiger partial charge in [0.15, 0.2) is 0 Å². The number of hydrogen-bond donors (Lipinski definition) is 6. The summed E-state index contributed by atoms with van der Waals surface area (Å²) < 4.78 is 11.5. The Morgan fingerprint density at radius 1 is 0.760 bits per heavy atom. The molecule has 50 heavy (non-hydrogen) atoms. The summed E-state index contributed by atoms with van der Waals surface area (Å²) in [5.41, 5.74) is 1.34. The molecule has 8 atom stereocenters. The van der Waals surface area contributed by atoms with Gasteiger partial charge in [0, 0.05) is 18.9 Å². The van der Waals surface area contributed by atoms with E-state index in [4.69, 9.17) is 9.47 Å². The molecule has 0 aliphatic heterocycles. The fourth-order valence-electron chi connectivity index (χ4n) is 7.04. The van der Waals surface area contributed by atoms with Gasteiger partial charge in [0.1, 0.15) is 18.3 Å². The van der Waals surface area contributed by atoms with Gasteiger partial charge < -0.3 is 40.3 Å². The van der Waals surface area contributed by atoms with Gasteiger partial charge in [-0.3, -0.25) is 4.79 Å². The van der Waals surface area contributed by atoms with Crippen LogP contribution in [0.1, 0.15) is 148 Å². The zero-order valence-corrected chi connectivity index (χ0v) is 31.4. The number of aliphatic hydroxyl groups is 5. The van der Waals surface area contributed by atoms with E-state index in [2.05, 4.69) is 36.5 Å². The highest BCUT2D eigenvalue weighted by atomic mass is 16.5. The summed E-state index contributed by atoms with van der Waals surface area (Å²) in [6, 6.07) is 9.56. The predicted molar refractivity (Wildman–Crippen MR) is 200 cm³/mol. The molecule has 0 heterocycles. The summed E-state index contributed by atoms with van der Waals surface area (Å²) in [4.78, 5) is 13.0. The molecule has 1 aromatic carbocycles. The van der Waals surface area contributed by atoms with Crippen molar-refractivity contribution < 1.29 is 39.8 Å². The molecule has 0 radical (unpaired) electrons. The fourth-order valence-corrected chi connectivity index (χ4v) is 7.04. The second-order valence-electron chi connectivity index (χ2n) is 14.7. The summed E-state index contributed by atoms with van der Waals surface area (Å²) >= 11 is 0. The van der Waals surface area contributed by atoms with Crippen molar-refractivity contribution >= 4 is 5.91 Å². The van der Waals surface area contributed by atoms with Gasteiger partial charge in [-0.2, -0.15) is 0 Å². The number of carbonyl (C=O) groups is 1. The van der Waals surface area contributed by atoms with Crippen LogP contribution in [-0.2, 0) is 20.7 Å². The standard InChI is InChI=1S/C41H73NO8/c1-3-5-6-7-8-9-10-11-12-13-16-22-27-35(43)39(46)34(31-50-36-29-33(30-49-4-2)38(45)41(48)40(36)47)42-37(44)28-23-17-14-15-19-24-32-25-20-18-21-26-32/h18,20-21,25-26,33-36,38-41,43,45-48H,3-17,19,22-24,27-31H2,1-2H3,(H,42,44)/t33-,34+,35-,36+,38+,39+,40+,41+/m1/s1. The number of carbonyl (C=O) groups excluding carboxylic acids is 1. The number of aliphatic hydroxyl groups excluding tert-OH is 5. The third kappa shape index (κ3) is 18.8. The van der Waals surface area contributed by atoms with E-state index in [0.717, 1.165) is 57.8 Å². The second-order valence-corrected chi connectivity index (χ2v) is 14.7. The van der Waals surface area contributed by atoms with Crippen molar-refractivity contribution in [2.45, 2.75) is 191 Å². The number of ether oxygens (including phenoxy) is 2. The lowest BCUT2D eigenvalue weighted by atomic mass is 9.81. The molecule has 0 spiro atoms. The normalized spacial score (nSPS) is 22.7. The number of aryl methyl sites for hydroxylation is 1. The Bertz CT molecular complexity index is 952. The lowest BCUT2D eigenvalue weighted by molar-refractivity contribution is -0.184. The van der Waals surface area contributed by atoms with Crippen molar-refractivity contribution in [3.63, 3.8) is 0 Å². The van der Waals surface area contributed by atoms with E-state index in [-0.39, 0.29) is 25.5 Å². The Hall–Kier alpha value is -1.59. The third-order valence-electron chi connectivity index (χ3n) is 10.3. The molecule has 9 nitrogen and oxygen atoms in total. The van der Waals surface area contributed by atoms with Gasteiger partial charge in [0.05, 0.1) is 37.6 Å². The first-order valence-electron chi connectivity index (χ1n) is 20.2. The molecule has 2 rings (SSSR count). The Morgan fingerprint density at radius 3 is 1.96 bits per heavy atom. The Morgan fingerprint density at radius 2 is 1.34 bits per heavy atom. The number of unbranched alkanes of at least 4 members (excludes halogenated alkanes) is 15. The minimum absolute atomic E-state index is 0.145. The molecule has 0 unspecified atom stereocenters. The van der Waals surface area contributed by atoms with E-state index in [1.54, 1.807) is 0 Å². The van der Waals surface area contributed by atoms with Crippen molar-refractivity contribution in [1.29, 1.82) is 0 Å². The maximum atomic E-state index is 13.0. The van der Waals surface area contributed by atoms with Crippen molar-refractivity contribution in [2.24, 2.45) is 5.92 Å². The minimum atomic E-state index is -1.40. The van der Waals surface area contributed by atoms with Gasteiger partial charge >= 0.3 is 0 Å². The smallest absolute Gasteiger partial charge is 0.220 e. The van der Waals surface area contributed by atoms with Gasteiger partial charge in [-0.05, 0) is 44.6 Å². The molecular formula is C41H73NO8. The number of nitrogens with one attached hydrogen (secondary N) is 1. The van der Waals surface area contributed by atoms with Crippen LogP contribution in [0.15, 0.2) is 30.3 Å². The van der Waals surface area contributed by atoms with E-state index in [1.807, 2.05) is 13.0 Å². The Kier molecular flexibility index (Phi) is 24.9. The molecular weight excluding hydrogens is 634 g/mol. The zero-order valence-electron chi connectivity index (χ0n) is 31.4. The summed E-state index contributed by atoms with van der Waals surface area (Å²) in [6.45, 7) is 4.62. The lowest BCUT2D eigenvalue weighted by Crippen LogP contribution is -2.57. The fraction of sp³-hybridized carbons (Fsp3) is 0.829. The third-order valence-corrected chi connectivity index (χ3v) is 10.3. The maximum absolute atomic E-state index is 13.0. The van der Waals surface area contributed by atoms with E-state index in [0.29, 0.717) is 19.4 Å². The molecule has 0 bridgehead atoms. The van der Waals surface area contributed by atoms with Crippen molar-refractivity contribution in [3.8, 4) is 0 Å². The number of benzene rings is 1. The van der Waals surface area contributed by atoms with Gasteiger partial charge in [0.25, 0.3) is 0 Å². The molecule has 6 N–H and O–H groups in total. The van der Waals surface area contributed by atoms with Crippen LogP contribution in [0.4, 0.5) is 0 Å². The first-order chi connectivity index (χ1) is 24.3. The molecule has 1 aromatic rings. The topological polar surface area (TPSA) is 149 Å². The van der Waals surface area contributed by atoms with Crippen LogP contribution in [-0.4, -0.2) is 93.9 Å². The molecule has 1 aliphatic rings. The van der Waals surface area contributed by atoms with Crippen molar-refractivity contribution in [2.75, 3.05) is 19.8 Å². The highest BCUT2D eigenvalue weighted by Gasteiger charge is 2.43. The first kappa shape index (κ1) is 44.6. The SMILES string of the molecule is CCCCCCCCCCCCCC[C@@H](O)[C@@H](O)[C@H](CO[C@H]1C[C@H](COCC)[C@H](O)[C@H](O)[C@H]1O)NC(=O)CCCCCCCc1ccccc1. The largest absolute Gasteiger partial charge is 0.390 e. The average molecular weight is 708 g/mol. The van der Waals surface area contributed by atoms with Gasteiger partial charge in [-0.1, -0.05) is 134 Å². The Labute approximate surface area is 303 Å². The first-order valence-corrected chi connectivity index (χ1v) is 20.2. The van der Waals surface area contributed by atoms with Crippen LogP contribution in [0.5, 0.6) is 0 Å². The summed E-state index contributed by atoms with van der Waals surface area (Å²) in [5, 5.41) is 56.6. The molecule has 1 fully saturated rings. The lowest BCUT2D eigenvalue weighted by Gasteiger charge is -2.41. The highest BCUT2D eigenvalue weighted by molar-refractivity contribution is 5.76. The number of hydrogen-bond acceptors (Lipinski definition) is 8. The zero-order chi connectivity index (χ0) is 36.4. The second kappa shape index (κ2) is 28.0. The van der Waals surface area contributed by atoms with Crippen LogP contribution in [0, 0.1) is 5.92 Å². The molecule has 0 saturated heterocycles. The molecule has 1 saturated carbocycles. The summed E-state index contributed by atoms with van der Waals surface area (Å²) in [7, 11) is 0. The van der Waals surface area contributed by atoms with E-state index < -0.39 is 48.6 Å².